The van der Waals surface area contributed by atoms with E-state index in [0.29, 0.717) is 23.7 Å². The molecular weight excluding hydrogens is 378 g/mol. The fourth-order valence-corrected chi connectivity index (χ4v) is 2.81. The molecule has 0 aliphatic rings. The first kappa shape index (κ1) is 22.0. The van der Waals surface area contributed by atoms with Crippen molar-refractivity contribution < 1.29 is 28.8 Å². The van der Waals surface area contributed by atoms with Crippen LogP contribution in [0.15, 0.2) is 36.4 Å². The molecule has 0 aliphatic carbocycles. The van der Waals surface area contributed by atoms with Crippen LogP contribution in [0.2, 0.25) is 0 Å². The van der Waals surface area contributed by atoms with Gasteiger partial charge in [-0.2, -0.15) is 0 Å². The number of hydrogen-bond donors (Lipinski definition) is 2. The molecule has 0 saturated heterocycles. The summed E-state index contributed by atoms with van der Waals surface area (Å²) < 4.78 is 15.8. The minimum Gasteiger partial charge on any atom is -0.497 e. The first-order chi connectivity index (χ1) is 13.8. The van der Waals surface area contributed by atoms with Gasteiger partial charge in [-0.25, -0.2) is 0 Å². The number of nitro groups is 1. The SMILES string of the molecule is COc1ccc(C[NH+](C)[C@@H](C)C(=O)Nc2ccc([N+](=O)[O-])cc2OC)c(OC)c1. The van der Waals surface area contributed by atoms with Crippen LogP contribution in [0.4, 0.5) is 11.4 Å². The molecule has 1 amide bonds. The van der Waals surface area contributed by atoms with Gasteiger partial charge in [0.05, 0.1) is 45.1 Å². The number of nitrogens with one attached hydrogen (secondary N) is 2. The van der Waals surface area contributed by atoms with Crippen LogP contribution in [0.25, 0.3) is 0 Å². The summed E-state index contributed by atoms with van der Waals surface area (Å²) >= 11 is 0. The van der Waals surface area contributed by atoms with Gasteiger partial charge in [-0.15, -0.1) is 0 Å². The highest BCUT2D eigenvalue weighted by atomic mass is 16.6. The second kappa shape index (κ2) is 9.74. The number of nitro benzene ring substituents is 1. The molecule has 156 valence electrons. The smallest absolute Gasteiger partial charge is 0.282 e. The number of non-ortho nitro benzene ring substituents is 1. The van der Waals surface area contributed by atoms with Crippen LogP contribution in [0.5, 0.6) is 17.2 Å². The van der Waals surface area contributed by atoms with E-state index in [0.717, 1.165) is 10.5 Å². The third kappa shape index (κ3) is 5.35. The maximum atomic E-state index is 12.7. The van der Waals surface area contributed by atoms with E-state index < -0.39 is 11.0 Å². The lowest BCUT2D eigenvalue weighted by Crippen LogP contribution is -3.12. The second-order valence-corrected chi connectivity index (χ2v) is 6.55. The Bertz CT molecular complexity index is 887. The molecule has 2 aromatic carbocycles. The number of quaternary nitrogens is 1. The van der Waals surface area contributed by atoms with Crippen molar-refractivity contribution in [2.45, 2.75) is 19.5 Å². The quantitative estimate of drug-likeness (QED) is 0.487. The number of nitrogens with zero attached hydrogens (tertiary/aromatic N) is 1. The van der Waals surface area contributed by atoms with Crippen molar-refractivity contribution in [3.63, 3.8) is 0 Å². The normalized spacial score (nSPS) is 12.6. The predicted molar refractivity (Wildman–Crippen MR) is 108 cm³/mol. The number of benzene rings is 2. The number of ether oxygens (including phenoxy) is 3. The van der Waals surface area contributed by atoms with Crippen LogP contribution in [-0.4, -0.2) is 45.2 Å². The topological polar surface area (TPSA) is 104 Å². The summed E-state index contributed by atoms with van der Waals surface area (Å²) in [6.45, 7) is 2.36. The largest absolute Gasteiger partial charge is 0.497 e. The van der Waals surface area contributed by atoms with Crippen LogP contribution >= 0.6 is 0 Å². The molecule has 0 fully saturated rings. The lowest BCUT2D eigenvalue weighted by Gasteiger charge is -2.22. The van der Waals surface area contributed by atoms with Crippen molar-refractivity contribution in [2.75, 3.05) is 33.7 Å². The highest BCUT2D eigenvalue weighted by Crippen LogP contribution is 2.29. The first-order valence-corrected chi connectivity index (χ1v) is 8.97. The van der Waals surface area contributed by atoms with Gasteiger partial charge in [-0.3, -0.25) is 14.9 Å². The number of carbonyl (C=O) groups excluding carboxylic acids is 1. The highest BCUT2D eigenvalue weighted by Gasteiger charge is 2.24. The summed E-state index contributed by atoms with van der Waals surface area (Å²) in [5, 5.41) is 13.7. The van der Waals surface area contributed by atoms with Crippen molar-refractivity contribution in [3.05, 3.63) is 52.1 Å². The summed E-state index contributed by atoms with van der Waals surface area (Å²) in [6.07, 6.45) is 0. The molecular formula is C20H26N3O6+. The average Bonchev–Trinajstić information content (AvgIpc) is 2.73. The Morgan fingerprint density at radius 3 is 2.38 bits per heavy atom. The number of likely N-dealkylation sites (N-methyl/N-ethyl adjacent to an activating group) is 1. The van der Waals surface area contributed by atoms with E-state index in [-0.39, 0.29) is 17.3 Å². The van der Waals surface area contributed by atoms with Crippen molar-refractivity contribution in [1.82, 2.24) is 0 Å². The van der Waals surface area contributed by atoms with Gasteiger partial charge in [-0.1, -0.05) is 0 Å². The van der Waals surface area contributed by atoms with E-state index >= 15 is 0 Å². The van der Waals surface area contributed by atoms with Crippen LogP contribution < -0.4 is 24.4 Å². The van der Waals surface area contributed by atoms with Crippen molar-refractivity contribution in [3.8, 4) is 17.2 Å². The zero-order chi connectivity index (χ0) is 21.6. The minimum atomic E-state index is -0.517. The van der Waals surface area contributed by atoms with Gasteiger partial charge in [0, 0.05) is 17.7 Å². The zero-order valence-corrected chi connectivity index (χ0v) is 17.1. The van der Waals surface area contributed by atoms with Gasteiger partial charge in [0.25, 0.3) is 11.6 Å². The predicted octanol–water partition coefficient (Wildman–Crippen LogP) is 1.66. The van der Waals surface area contributed by atoms with Crippen LogP contribution in [-0.2, 0) is 11.3 Å². The second-order valence-electron chi connectivity index (χ2n) is 6.55. The van der Waals surface area contributed by atoms with E-state index in [1.165, 1.54) is 25.3 Å². The molecule has 1 unspecified atom stereocenters. The van der Waals surface area contributed by atoms with Crippen molar-refractivity contribution in [1.29, 1.82) is 0 Å². The summed E-state index contributed by atoms with van der Waals surface area (Å²) in [4.78, 5) is 24.0. The number of hydrogen-bond acceptors (Lipinski definition) is 6. The van der Waals surface area contributed by atoms with Crippen molar-refractivity contribution in [2.24, 2.45) is 0 Å². The monoisotopic (exact) mass is 404 g/mol. The first-order valence-electron chi connectivity index (χ1n) is 8.97. The lowest BCUT2D eigenvalue weighted by molar-refractivity contribution is -0.907. The van der Waals surface area contributed by atoms with Crippen LogP contribution in [0, 0.1) is 10.1 Å². The molecule has 0 saturated carbocycles. The van der Waals surface area contributed by atoms with Crippen molar-refractivity contribution >= 4 is 17.3 Å². The Morgan fingerprint density at radius 2 is 1.79 bits per heavy atom. The fourth-order valence-electron chi connectivity index (χ4n) is 2.81. The van der Waals surface area contributed by atoms with Gasteiger partial charge < -0.3 is 24.4 Å². The summed E-state index contributed by atoms with van der Waals surface area (Å²) in [7, 11) is 6.47. The maximum Gasteiger partial charge on any atom is 0.282 e. The van der Waals surface area contributed by atoms with Gasteiger partial charge in [0.2, 0.25) is 0 Å². The summed E-state index contributed by atoms with van der Waals surface area (Å²) in [6, 6.07) is 9.21. The number of methoxy groups -OCH3 is 3. The molecule has 2 aromatic rings. The third-order valence-corrected chi connectivity index (χ3v) is 4.75. The zero-order valence-electron chi connectivity index (χ0n) is 17.1. The lowest BCUT2D eigenvalue weighted by atomic mass is 10.1. The molecule has 0 spiro atoms. The van der Waals surface area contributed by atoms with E-state index in [1.54, 1.807) is 27.2 Å². The minimum absolute atomic E-state index is 0.109. The number of rotatable bonds is 9. The molecule has 9 heteroatoms. The van der Waals surface area contributed by atoms with Gasteiger partial charge in [0.15, 0.2) is 6.04 Å². The summed E-state index contributed by atoms with van der Waals surface area (Å²) in [5.74, 6) is 1.38. The number of anilines is 1. The Labute approximate surface area is 169 Å². The Morgan fingerprint density at radius 1 is 1.10 bits per heavy atom. The molecule has 0 radical (unpaired) electrons. The van der Waals surface area contributed by atoms with Gasteiger partial charge in [0.1, 0.15) is 23.8 Å². The van der Waals surface area contributed by atoms with Gasteiger partial charge in [-0.05, 0) is 25.1 Å². The van der Waals surface area contributed by atoms with E-state index in [1.807, 2.05) is 19.2 Å². The molecule has 2 atom stereocenters. The molecule has 0 aliphatic heterocycles. The standard InChI is InChI=1S/C20H25N3O6/c1-13(22(2)12-14-6-8-16(27-3)11-18(14)28-4)20(24)21-17-9-7-15(23(25)26)10-19(17)29-5/h6-11,13H,12H2,1-5H3,(H,21,24)/p+1/t13-/m0/s1. The molecule has 2 N–H and O–H groups in total. The van der Waals surface area contributed by atoms with Crippen LogP contribution in [0.3, 0.4) is 0 Å². The third-order valence-electron chi connectivity index (χ3n) is 4.75. The number of amides is 1. The Hall–Kier alpha value is -3.33. The molecule has 9 nitrogen and oxygen atoms in total. The van der Waals surface area contributed by atoms with Crippen LogP contribution in [0.1, 0.15) is 12.5 Å². The van der Waals surface area contributed by atoms with Gasteiger partial charge >= 0.3 is 0 Å². The summed E-state index contributed by atoms with van der Waals surface area (Å²) in [5.41, 5.74) is 1.21. The fraction of sp³-hybridized carbons (Fsp3) is 0.350. The molecule has 29 heavy (non-hydrogen) atoms. The average molecular weight is 404 g/mol. The highest BCUT2D eigenvalue weighted by molar-refractivity contribution is 5.95. The molecule has 2 rings (SSSR count). The van der Waals surface area contributed by atoms with E-state index in [9.17, 15) is 14.9 Å². The molecule has 0 heterocycles. The Kier molecular flexibility index (Phi) is 7.38. The number of carbonyl (C=O) groups is 1. The van der Waals surface area contributed by atoms with E-state index in [4.69, 9.17) is 14.2 Å². The maximum absolute atomic E-state index is 12.7. The Balaban J connectivity index is 2.11. The molecule has 0 bridgehead atoms. The molecule has 0 aromatic heterocycles. The van der Waals surface area contributed by atoms with E-state index in [2.05, 4.69) is 5.32 Å².